The van der Waals surface area contributed by atoms with E-state index in [2.05, 4.69) is 5.32 Å². The van der Waals surface area contributed by atoms with Crippen molar-refractivity contribution in [1.82, 2.24) is 15.2 Å². The van der Waals surface area contributed by atoms with Gasteiger partial charge in [0.2, 0.25) is 5.91 Å². The largest absolute Gasteiger partial charge is 0.490 e. The first-order chi connectivity index (χ1) is 15.9. The van der Waals surface area contributed by atoms with Crippen molar-refractivity contribution in [3.63, 3.8) is 0 Å². The summed E-state index contributed by atoms with van der Waals surface area (Å²) in [5.41, 5.74) is 0.670. The van der Waals surface area contributed by atoms with E-state index in [1.54, 1.807) is 16.2 Å². The van der Waals surface area contributed by atoms with Gasteiger partial charge >= 0.3 is 5.69 Å². The summed E-state index contributed by atoms with van der Waals surface area (Å²) in [5.74, 6) is -0.413. The summed E-state index contributed by atoms with van der Waals surface area (Å²) in [6, 6.07) is 9.59. The average Bonchev–Trinajstić information content (AvgIpc) is 3.25. The van der Waals surface area contributed by atoms with E-state index in [0.717, 1.165) is 34.1 Å². The number of thiazole rings is 1. The van der Waals surface area contributed by atoms with Gasteiger partial charge in [-0.2, -0.15) is 0 Å². The third-order valence-electron chi connectivity index (χ3n) is 5.60. The maximum Gasteiger partial charge on any atom is 0.311 e. The van der Waals surface area contributed by atoms with Gasteiger partial charge in [0.15, 0.2) is 5.75 Å². The number of nitrogens with one attached hydrogen (secondary N) is 1. The zero-order chi connectivity index (χ0) is 23.5. The number of nitro groups is 1. The summed E-state index contributed by atoms with van der Waals surface area (Å²) < 4.78 is 6.03. The first kappa shape index (κ1) is 22.9. The standard InChI is InChI=1S/C22H21ClN4O5S/c1-32-18-4-2-14(10-17(18)27(30)31)21(29)24-12-20(28)26-8-6-13(7-9-26)22-25-16-11-15(23)3-5-19(16)33-22/h2-5,10-11,13H,6-9,12H2,1H3,(H,24,29). The minimum absolute atomic E-state index is 0.0618. The van der Waals surface area contributed by atoms with Crippen molar-refractivity contribution < 1.29 is 19.2 Å². The summed E-state index contributed by atoms with van der Waals surface area (Å²) in [5, 5.41) is 15.4. The first-order valence-electron chi connectivity index (χ1n) is 10.3. The molecule has 1 aromatic heterocycles. The molecule has 172 valence electrons. The first-order valence-corrected chi connectivity index (χ1v) is 11.5. The molecule has 4 rings (SSSR count). The maximum absolute atomic E-state index is 12.6. The van der Waals surface area contributed by atoms with E-state index in [-0.39, 0.29) is 35.4 Å². The molecule has 0 saturated carbocycles. The zero-order valence-corrected chi connectivity index (χ0v) is 19.3. The highest BCUT2D eigenvalue weighted by Gasteiger charge is 2.26. The van der Waals surface area contributed by atoms with Crippen LogP contribution in [0.25, 0.3) is 10.2 Å². The lowest BCUT2D eigenvalue weighted by atomic mass is 9.97. The van der Waals surface area contributed by atoms with E-state index >= 15 is 0 Å². The van der Waals surface area contributed by atoms with Crippen molar-refractivity contribution in [2.24, 2.45) is 0 Å². The third-order valence-corrected chi connectivity index (χ3v) is 7.03. The van der Waals surface area contributed by atoms with Gasteiger partial charge in [-0.3, -0.25) is 19.7 Å². The van der Waals surface area contributed by atoms with Crippen molar-refractivity contribution in [2.75, 3.05) is 26.7 Å². The molecule has 0 spiro atoms. The number of hydrogen-bond donors (Lipinski definition) is 1. The average molecular weight is 489 g/mol. The number of nitrogens with zero attached hydrogens (tertiary/aromatic N) is 3. The fourth-order valence-corrected chi connectivity index (χ4v) is 5.10. The molecule has 0 radical (unpaired) electrons. The van der Waals surface area contributed by atoms with Crippen LogP contribution in [0.4, 0.5) is 5.69 Å². The highest BCUT2D eigenvalue weighted by molar-refractivity contribution is 7.18. The second kappa shape index (κ2) is 9.72. The van der Waals surface area contributed by atoms with E-state index in [0.29, 0.717) is 18.1 Å². The SMILES string of the molecule is COc1ccc(C(=O)NCC(=O)N2CCC(c3nc4cc(Cl)ccc4s3)CC2)cc1[N+](=O)[O-]. The van der Waals surface area contributed by atoms with E-state index in [4.69, 9.17) is 21.3 Å². The van der Waals surface area contributed by atoms with Crippen molar-refractivity contribution in [3.05, 3.63) is 62.1 Å². The lowest BCUT2D eigenvalue weighted by Crippen LogP contribution is -2.43. The number of halogens is 1. The van der Waals surface area contributed by atoms with Crippen LogP contribution in [-0.2, 0) is 4.79 Å². The number of carbonyl (C=O) groups excluding carboxylic acids is 2. The summed E-state index contributed by atoms with van der Waals surface area (Å²) in [4.78, 5) is 41.9. The van der Waals surface area contributed by atoms with Crippen molar-refractivity contribution >= 4 is 50.7 Å². The smallest absolute Gasteiger partial charge is 0.311 e. The van der Waals surface area contributed by atoms with Crippen molar-refractivity contribution in [2.45, 2.75) is 18.8 Å². The number of likely N-dealkylation sites (tertiary alicyclic amines) is 1. The van der Waals surface area contributed by atoms with Gasteiger partial charge in [0.25, 0.3) is 5.91 Å². The minimum Gasteiger partial charge on any atom is -0.490 e. The predicted molar refractivity (Wildman–Crippen MR) is 125 cm³/mol. The topological polar surface area (TPSA) is 115 Å². The van der Waals surface area contributed by atoms with Gasteiger partial charge < -0.3 is 15.0 Å². The highest BCUT2D eigenvalue weighted by atomic mass is 35.5. The van der Waals surface area contributed by atoms with Gasteiger partial charge in [-0.05, 0) is 43.2 Å². The third kappa shape index (κ3) is 5.07. The Hall–Kier alpha value is -3.24. The molecule has 3 aromatic rings. The molecule has 1 aliphatic heterocycles. The Labute approximate surface area is 198 Å². The molecule has 0 atom stereocenters. The molecular weight excluding hydrogens is 468 g/mol. The molecule has 2 aromatic carbocycles. The number of nitro benzene ring substituents is 1. The monoisotopic (exact) mass is 488 g/mol. The van der Waals surface area contributed by atoms with E-state index in [1.807, 2.05) is 18.2 Å². The van der Waals surface area contributed by atoms with Crippen LogP contribution in [0.5, 0.6) is 5.75 Å². The van der Waals surface area contributed by atoms with Gasteiger partial charge in [0, 0.05) is 35.7 Å². The summed E-state index contributed by atoms with van der Waals surface area (Å²) in [6.07, 6.45) is 1.58. The number of hydrogen-bond acceptors (Lipinski definition) is 7. The van der Waals surface area contributed by atoms with E-state index in [1.165, 1.54) is 19.2 Å². The number of methoxy groups -OCH3 is 1. The van der Waals surface area contributed by atoms with Gasteiger partial charge in [-0.25, -0.2) is 4.98 Å². The van der Waals surface area contributed by atoms with E-state index in [9.17, 15) is 19.7 Å². The van der Waals surface area contributed by atoms with Crippen molar-refractivity contribution in [3.8, 4) is 5.75 Å². The van der Waals surface area contributed by atoms with Crippen LogP contribution in [0.15, 0.2) is 36.4 Å². The van der Waals surface area contributed by atoms with Crippen LogP contribution in [0.1, 0.15) is 34.1 Å². The molecule has 1 N–H and O–H groups in total. The molecule has 2 amide bonds. The van der Waals surface area contributed by atoms with Gasteiger partial charge in [0.1, 0.15) is 0 Å². The number of benzene rings is 2. The van der Waals surface area contributed by atoms with Crippen LogP contribution in [0.3, 0.4) is 0 Å². The highest BCUT2D eigenvalue weighted by Crippen LogP contribution is 2.34. The second-order valence-electron chi connectivity index (χ2n) is 7.65. The Morgan fingerprint density at radius 2 is 2.03 bits per heavy atom. The molecule has 0 bridgehead atoms. The molecule has 2 heterocycles. The summed E-state index contributed by atoms with van der Waals surface area (Å²) in [6.45, 7) is 0.969. The Morgan fingerprint density at radius 3 is 2.73 bits per heavy atom. The van der Waals surface area contributed by atoms with Gasteiger partial charge in [0.05, 0.1) is 33.8 Å². The molecule has 11 heteroatoms. The molecule has 1 saturated heterocycles. The number of fused-ring (bicyclic) bond motifs is 1. The molecule has 9 nitrogen and oxygen atoms in total. The van der Waals surface area contributed by atoms with Crippen LogP contribution < -0.4 is 10.1 Å². The quantitative estimate of drug-likeness (QED) is 0.414. The Kier molecular flexibility index (Phi) is 6.75. The van der Waals surface area contributed by atoms with Crippen LogP contribution in [0, 0.1) is 10.1 Å². The number of rotatable bonds is 6. The molecule has 33 heavy (non-hydrogen) atoms. The van der Waals surface area contributed by atoms with Gasteiger partial charge in [-0.15, -0.1) is 11.3 Å². The molecule has 0 unspecified atom stereocenters. The fourth-order valence-electron chi connectivity index (χ4n) is 3.81. The zero-order valence-electron chi connectivity index (χ0n) is 17.7. The number of aromatic nitrogens is 1. The van der Waals surface area contributed by atoms with E-state index < -0.39 is 10.8 Å². The number of piperidine rings is 1. The van der Waals surface area contributed by atoms with Crippen LogP contribution in [-0.4, -0.2) is 53.4 Å². The summed E-state index contributed by atoms with van der Waals surface area (Å²) >= 11 is 7.70. The second-order valence-corrected chi connectivity index (χ2v) is 9.14. The lowest BCUT2D eigenvalue weighted by molar-refractivity contribution is -0.385. The fraction of sp³-hybridized carbons (Fsp3) is 0.318. The lowest BCUT2D eigenvalue weighted by Gasteiger charge is -2.31. The van der Waals surface area contributed by atoms with Crippen molar-refractivity contribution in [1.29, 1.82) is 0 Å². The Balaban J connectivity index is 1.31. The summed E-state index contributed by atoms with van der Waals surface area (Å²) in [7, 11) is 1.32. The number of carbonyl (C=O) groups is 2. The minimum atomic E-state index is -0.620. The molecule has 1 fully saturated rings. The normalized spacial score (nSPS) is 14.3. The molecule has 0 aliphatic carbocycles. The maximum atomic E-state index is 12.6. The predicted octanol–water partition coefficient (Wildman–Crippen LogP) is 4.00. The number of amides is 2. The van der Waals surface area contributed by atoms with Crippen LogP contribution >= 0.6 is 22.9 Å². The molecular formula is C22H21ClN4O5S. The number of ether oxygens (including phenoxy) is 1. The van der Waals surface area contributed by atoms with Crippen LogP contribution in [0.2, 0.25) is 5.02 Å². The van der Waals surface area contributed by atoms with Gasteiger partial charge in [-0.1, -0.05) is 11.6 Å². The Morgan fingerprint density at radius 1 is 1.27 bits per heavy atom. The Bertz CT molecular complexity index is 1220. The molecule has 1 aliphatic rings.